The van der Waals surface area contributed by atoms with Gasteiger partial charge < -0.3 is 20.4 Å². The number of phenols is 1. The minimum atomic E-state index is -2.34. The number of aliphatic hydroxyl groups is 3. The van der Waals surface area contributed by atoms with Crippen molar-refractivity contribution in [2.45, 2.75) is 43.6 Å². The van der Waals surface area contributed by atoms with Gasteiger partial charge in [-0.15, -0.1) is 0 Å². The van der Waals surface area contributed by atoms with Gasteiger partial charge in [-0.1, -0.05) is 42.0 Å². The molecule has 5 atom stereocenters. The molecule has 0 spiro atoms. The Morgan fingerprint density at radius 1 is 1.03 bits per heavy atom. The second kappa shape index (κ2) is 9.59. The number of rotatable bonds is 5. The second-order valence-electron chi connectivity index (χ2n) is 10.9. The standard InChI is InChI=1S/C30H33NO6S/c1-15-8-10-17(11-9-15)13-38-14-20-18-6-5-7-22(32)23(18)27(34)24-19(20)12-21-25(31(3)4)26(33)16(2)28(35)30(21,37)29(24)36/h5-11,19-21,25,32,34-35,37H,12-14H2,1-4H3. The van der Waals surface area contributed by atoms with Crippen LogP contribution < -0.4 is 0 Å². The fraction of sp³-hybridized carbons (Fsp3) is 0.400. The Morgan fingerprint density at radius 2 is 1.71 bits per heavy atom. The Bertz CT molecular complexity index is 1380. The van der Waals surface area contributed by atoms with Gasteiger partial charge in [0.15, 0.2) is 11.4 Å². The fourth-order valence-electron chi connectivity index (χ4n) is 6.46. The molecular formula is C30H33NO6S. The molecule has 4 N–H and O–H groups in total. The number of carbonyl (C=O) groups excluding carboxylic acids is 2. The van der Waals surface area contributed by atoms with E-state index in [1.165, 1.54) is 18.6 Å². The Morgan fingerprint density at radius 3 is 2.37 bits per heavy atom. The Hall–Kier alpha value is -3.07. The highest BCUT2D eigenvalue weighted by Crippen LogP contribution is 2.56. The minimum absolute atomic E-state index is 0.00453. The molecule has 3 aliphatic carbocycles. The SMILES string of the molecule is CC1=C(O)C2(O)C(=O)C3=C(O)c4c(O)cccc4C(CSCc4ccc(C)cc4)C3CC2C(N(C)C)C1=O. The number of hydrogen-bond donors (Lipinski definition) is 4. The Balaban J connectivity index is 1.60. The number of ketones is 2. The van der Waals surface area contributed by atoms with Crippen molar-refractivity contribution in [2.24, 2.45) is 11.8 Å². The van der Waals surface area contributed by atoms with E-state index in [1.807, 2.05) is 13.0 Å². The summed E-state index contributed by atoms with van der Waals surface area (Å²) in [4.78, 5) is 29.0. The van der Waals surface area contributed by atoms with Gasteiger partial charge in [-0.2, -0.15) is 11.8 Å². The van der Waals surface area contributed by atoms with Crippen molar-refractivity contribution in [2.75, 3.05) is 19.8 Å². The van der Waals surface area contributed by atoms with E-state index in [1.54, 1.807) is 36.8 Å². The lowest BCUT2D eigenvalue weighted by Crippen LogP contribution is -2.65. The van der Waals surface area contributed by atoms with E-state index in [4.69, 9.17) is 0 Å². The number of aryl methyl sites for hydroxylation is 1. The van der Waals surface area contributed by atoms with Crippen LogP contribution in [0.3, 0.4) is 0 Å². The third-order valence-corrected chi connectivity index (χ3v) is 9.57. The lowest BCUT2D eigenvalue weighted by molar-refractivity contribution is -0.153. The molecular weight excluding hydrogens is 502 g/mol. The lowest BCUT2D eigenvalue weighted by atomic mass is 9.56. The Labute approximate surface area is 226 Å². The van der Waals surface area contributed by atoms with Crippen LogP contribution in [0.15, 0.2) is 59.4 Å². The predicted molar refractivity (Wildman–Crippen MR) is 147 cm³/mol. The number of phenolic OH excluding ortho intramolecular Hbond substituents is 1. The van der Waals surface area contributed by atoms with E-state index in [2.05, 4.69) is 24.3 Å². The van der Waals surface area contributed by atoms with E-state index < -0.39 is 35.0 Å². The second-order valence-corrected chi connectivity index (χ2v) is 11.9. The van der Waals surface area contributed by atoms with Gasteiger partial charge in [0.2, 0.25) is 5.78 Å². The van der Waals surface area contributed by atoms with Gasteiger partial charge in [0.1, 0.15) is 17.3 Å². The summed E-state index contributed by atoms with van der Waals surface area (Å²) in [5.74, 6) is -2.65. The minimum Gasteiger partial charge on any atom is -0.508 e. The zero-order valence-corrected chi connectivity index (χ0v) is 22.7. The molecule has 0 radical (unpaired) electrons. The molecule has 0 heterocycles. The van der Waals surface area contributed by atoms with Crippen LogP contribution in [0.5, 0.6) is 5.75 Å². The molecule has 38 heavy (non-hydrogen) atoms. The molecule has 8 heteroatoms. The molecule has 7 nitrogen and oxygen atoms in total. The molecule has 0 aromatic heterocycles. The smallest absolute Gasteiger partial charge is 0.202 e. The number of aliphatic hydroxyl groups excluding tert-OH is 2. The van der Waals surface area contributed by atoms with Gasteiger partial charge in [-0.3, -0.25) is 14.5 Å². The predicted octanol–water partition coefficient (Wildman–Crippen LogP) is 4.28. The number of aromatic hydroxyl groups is 1. The number of fused-ring (bicyclic) bond motifs is 3. The van der Waals surface area contributed by atoms with Gasteiger partial charge in [0.25, 0.3) is 0 Å². The highest BCUT2D eigenvalue weighted by Gasteiger charge is 2.63. The topological polar surface area (TPSA) is 118 Å². The summed E-state index contributed by atoms with van der Waals surface area (Å²) in [5.41, 5.74) is 0.865. The average Bonchev–Trinajstić information content (AvgIpc) is 2.87. The van der Waals surface area contributed by atoms with Crippen LogP contribution in [-0.2, 0) is 15.3 Å². The molecule has 5 rings (SSSR count). The van der Waals surface area contributed by atoms with Crippen molar-refractivity contribution in [1.29, 1.82) is 0 Å². The number of benzene rings is 2. The van der Waals surface area contributed by atoms with Crippen molar-refractivity contribution >= 4 is 29.1 Å². The van der Waals surface area contributed by atoms with Crippen molar-refractivity contribution in [3.63, 3.8) is 0 Å². The number of likely N-dealkylation sites (N-methyl/N-ethyl adjacent to an activating group) is 1. The summed E-state index contributed by atoms with van der Waals surface area (Å²) in [7, 11) is 3.43. The quantitative estimate of drug-likeness (QED) is 0.448. The van der Waals surface area contributed by atoms with Crippen molar-refractivity contribution < 1.29 is 30.0 Å². The first-order chi connectivity index (χ1) is 18.0. The van der Waals surface area contributed by atoms with Crippen LogP contribution in [0.1, 0.15) is 41.5 Å². The largest absolute Gasteiger partial charge is 0.508 e. The number of hydrogen-bond acceptors (Lipinski definition) is 8. The fourth-order valence-corrected chi connectivity index (χ4v) is 7.68. The lowest BCUT2D eigenvalue weighted by Gasteiger charge is -2.51. The van der Waals surface area contributed by atoms with Gasteiger partial charge >= 0.3 is 0 Å². The maximum absolute atomic E-state index is 14.1. The molecule has 2 aromatic rings. The van der Waals surface area contributed by atoms with Gasteiger partial charge in [0.05, 0.1) is 11.6 Å². The van der Waals surface area contributed by atoms with Crippen LogP contribution >= 0.6 is 11.8 Å². The first kappa shape index (κ1) is 26.5. The maximum Gasteiger partial charge on any atom is 0.202 e. The maximum atomic E-state index is 14.1. The van der Waals surface area contributed by atoms with Gasteiger partial charge in [-0.05, 0) is 57.5 Å². The molecule has 0 saturated heterocycles. The van der Waals surface area contributed by atoms with Crippen LogP contribution in [0.2, 0.25) is 0 Å². The summed E-state index contributed by atoms with van der Waals surface area (Å²) >= 11 is 1.69. The third-order valence-electron chi connectivity index (χ3n) is 8.44. The molecule has 0 aliphatic heterocycles. The number of Topliss-reactive ketones (excluding diaryl/α,β-unsaturated/α-hetero) is 2. The van der Waals surface area contributed by atoms with Crippen LogP contribution in [0.25, 0.3) is 5.76 Å². The monoisotopic (exact) mass is 535 g/mol. The number of thioether (sulfide) groups is 1. The van der Waals surface area contributed by atoms with Crippen LogP contribution in [0.4, 0.5) is 0 Å². The molecule has 2 aromatic carbocycles. The van der Waals surface area contributed by atoms with Crippen molar-refractivity contribution in [3.05, 3.63) is 81.6 Å². The summed E-state index contributed by atoms with van der Waals surface area (Å²) in [6.07, 6.45) is 0.207. The number of nitrogens with zero attached hydrogens (tertiary/aromatic N) is 1. The summed E-state index contributed by atoms with van der Waals surface area (Å²) in [5, 5.41) is 44.8. The molecule has 1 fully saturated rings. The number of carbonyl (C=O) groups is 2. The van der Waals surface area contributed by atoms with Crippen molar-refractivity contribution in [1.82, 2.24) is 4.90 Å². The van der Waals surface area contributed by atoms with Crippen LogP contribution in [0, 0.1) is 18.8 Å². The molecule has 3 aliphatic rings. The molecule has 5 unspecified atom stereocenters. The normalized spacial score (nSPS) is 28.9. The van der Waals surface area contributed by atoms with Gasteiger partial charge in [-0.25, -0.2) is 0 Å². The molecule has 0 amide bonds. The summed E-state index contributed by atoms with van der Waals surface area (Å²) in [6.45, 7) is 3.44. The van der Waals surface area contributed by atoms with E-state index in [-0.39, 0.29) is 46.3 Å². The van der Waals surface area contributed by atoms with Crippen molar-refractivity contribution in [3.8, 4) is 5.75 Å². The van der Waals surface area contributed by atoms with E-state index in [9.17, 15) is 30.0 Å². The first-order valence-corrected chi connectivity index (χ1v) is 13.9. The van der Waals surface area contributed by atoms with E-state index in [0.717, 1.165) is 16.9 Å². The molecule has 0 bridgehead atoms. The highest BCUT2D eigenvalue weighted by atomic mass is 32.2. The zero-order valence-electron chi connectivity index (χ0n) is 21.9. The third kappa shape index (κ3) is 3.89. The molecule has 1 saturated carbocycles. The average molecular weight is 536 g/mol. The summed E-state index contributed by atoms with van der Waals surface area (Å²) in [6, 6.07) is 12.5. The summed E-state index contributed by atoms with van der Waals surface area (Å²) < 4.78 is 0. The van der Waals surface area contributed by atoms with Crippen LogP contribution in [-0.4, -0.2) is 68.4 Å². The van der Waals surface area contributed by atoms with Gasteiger partial charge in [0, 0.05) is 34.5 Å². The van der Waals surface area contributed by atoms with E-state index >= 15 is 0 Å². The zero-order chi connectivity index (χ0) is 27.5. The Kier molecular flexibility index (Phi) is 6.70. The highest BCUT2D eigenvalue weighted by molar-refractivity contribution is 7.98. The molecule has 200 valence electrons. The first-order valence-electron chi connectivity index (χ1n) is 12.7. The van der Waals surface area contributed by atoms with E-state index in [0.29, 0.717) is 5.75 Å².